The largest absolute Gasteiger partial charge is 0.355 e. The minimum absolute atomic E-state index is 0.0960. The second-order valence-corrected chi connectivity index (χ2v) is 6.91. The summed E-state index contributed by atoms with van der Waals surface area (Å²) in [5.74, 6) is 0.653. The van der Waals surface area contributed by atoms with Crippen LogP contribution < -0.4 is 10.6 Å². The van der Waals surface area contributed by atoms with Crippen LogP contribution in [-0.4, -0.2) is 22.5 Å². The number of halogens is 1. The molecule has 0 saturated carbocycles. The zero-order valence-electron chi connectivity index (χ0n) is 13.9. The molecule has 1 amide bonds. The van der Waals surface area contributed by atoms with Gasteiger partial charge in [-0.15, -0.1) is 0 Å². The smallest absolute Gasteiger partial charge is 0.251 e. The second-order valence-electron chi connectivity index (χ2n) is 5.99. The minimum Gasteiger partial charge on any atom is -0.355 e. The minimum atomic E-state index is -0.239. The number of allylic oxidation sites excluding steroid dienone is 1. The van der Waals surface area contributed by atoms with Crippen molar-refractivity contribution in [3.63, 3.8) is 0 Å². The first-order chi connectivity index (χ1) is 12.1. The number of nitrogens with one attached hydrogen (secondary N) is 2. The number of fused-ring (bicyclic) bond motifs is 3. The Hall–Kier alpha value is -2.60. The maximum absolute atomic E-state index is 12.6. The molecule has 0 saturated heterocycles. The van der Waals surface area contributed by atoms with Gasteiger partial charge >= 0.3 is 0 Å². The van der Waals surface area contributed by atoms with Crippen molar-refractivity contribution in [3.05, 3.63) is 69.8 Å². The maximum Gasteiger partial charge on any atom is 0.251 e. The average molecular weight is 397 g/mol. The van der Waals surface area contributed by atoms with Crippen LogP contribution in [-0.2, 0) is 4.79 Å². The molecule has 0 fully saturated rings. The molecule has 3 aromatic rings. The van der Waals surface area contributed by atoms with E-state index in [9.17, 15) is 4.79 Å². The van der Waals surface area contributed by atoms with Crippen LogP contribution in [0.2, 0.25) is 0 Å². The lowest BCUT2D eigenvalue weighted by atomic mass is 9.94. The van der Waals surface area contributed by atoms with Gasteiger partial charge in [-0.3, -0.25) is 9.36 Å². The third-order valence-electron chi connectivity index (χ3n) is 4.49. The highest BCUT2D eigenvalue weighted by molar-refractivity contribution is 9.10. The number of hydrogen-bond donors (Lipinski definition) is 2. The van der Waals surface area contributed by atoms with Gasteiger partial charge in [-0.1, -0.05) is 40.2 Å². The maximum atomic E-state index is 12.6. The van der Waals surface area contributed by atoms with Crippen molar-refractivity contribution in [1.82, 2.24) is 14.9 Å². The first kappa shape index (κ1) is 15.9. The Labute approximate surface area is 153 Å². The number of carbonyl (C=O) groups is 1. The van der Waals surface area contributed by atoms with E-state index in [0.29, 0.717) is 5.57 Å². The molecule has 25 heavy (non-hydrogen) atoms. The number of aromatic nitrogens is 2. The molecule has 1 atom stereocenters. The summed E-state index contributed by atoms with van der Waals surface area (Å²) in [4.78, 5) is 17.3. The molecule has 2 N–H and O–H groups in total. The number of imidazole rings is 1. The summed E-state index contributed by atoms with van der Waals surface area (Å²) in [6.07, 6.45) is 0. The molecule has 2 aromatic carbocycles. The third-order valence-corrected chi connectivity index (χ3v) is 5.02. The van der Waals surface area contributed by atoms with Crippen LogP contribution in [0.5, 0.6) is 0 Å². The normalized spacial score (nSPS) is 16.5. The quantitative estimate of drug-likeness (QED) is 0.691. The average Bonchev–Trinajstić information content (AvgIpc) is 2.98. The van der Waals surface area contributed by atoms with Gasteiger partial charge in [0.2, 0.25) is 5.95 Å². The zero-order chi connectivity index (χ0) is 17.6. The Morgan fingerprint density at radius 1 is 1.20 bits per heavy atom. The molecular formula is C19H17BrN4O. The van der Waals surface area contributed by atoms with Crippen molar-refractivity contribution in [2.75, 3.05) is 12.4 Å². The van der Waals surface area contributed by atoms with Gasteiger partial charge in [-0.25, -0.2) is 4.98 Å². The molecule has 1 aromatic heterocycles. The van der Waals surface area contributed by atoms with E-state index < -0.39 is 0 Å². The zero-order valence-corrected chi connectivity index (χ0v) is 15.5. The van der Waals surface area contributed by atoms with Crippen LogP contribution in [0.3, 0.4) is 0 Å². The molecule has 0 spiro atoms. The SMILES string of the molecule is CNC(=O)C1=C(C)Nc2nc3ccccc3n2[C@@H]1c1ccc(Br)cc1. The van der Waals surface area contributed by atoms with Gasteiger partial charge in [0.15, 0.2) is 0 Å². The number of rotatable bonds is 2. The monoisotopic (exact) mass is 396 g/mol. The van der Waals surface area contributed by atoms with Crippen LogP contribution in [0, 0.1) is 0 Å². The van der Waals surface area contributed by atoms with E-state index >= 15 is 0 Å². The van der Waals surface area contributed by atoms with E-state index in [1.54, 1.807) is 7.05 Å². The molecular weight excluding hydrogens is 380 g/mol. The molecule has 0 unspecified atom stereocenters. The van der Waals surface area contributed by atoms with Crippen LogP contribution in [0.4, 0.5) is 5.95 Å². The predicted octanol–water partition coefficient (Wildman–Crippen LogP) is 3.83. The number of nitrogens with zero attached hydrogens (tertiary/aromatic N) is 2. The molecule has 0 radical (unpaired) electrons. The predicted molar refractivity (Wildman–Crippen MR) is 102 cm³/mol. The number of para-hydroxylation sites is 2. The number of benzene rings is 2. The van der Waals surface area contributed by atoms with Crippen molar-refractivity contribution in [3.8, 4) is 0 Å². The van der Waals surface area contributed by atoms with Gasteiger partial charge in [-0.2, -0.15) is 0 Å². The van der Waals surface area contributed by atoms with Crippen molar-refractivity contribution in [2.24, 2.45) is 0 Å². The summed E-state index contributed by atoms with van der Waals surface area (Å²) in [5.41, 5.74) is 4.44. The van der Waals surface area contributed by atoms with E-state index in [0.717, 1.165) is 32.7 Å². The fourth-order valence-corrected chi connectivity index (χ4v) is 3.62. The van der Waals surface area contributed by atoms with Crippen molar-refractivity contribution in [2.45, 2.75) is 13.0 Å². The number of anilines is 1. The lowest BCUT2D eigenvalue weighted by molar-refractivity contribution is -0.117. The first-order valence-corrected chi connectivity index (χ1v) is 8.81. The number of carbonyl (C=O) groups excluding carboxylic acids is 1. The number of hydrogen-bond acceptors (Lipinski definition) is 3. The first-order valence-electron chi connectivity index (χ1n) is 8.02. The lowest BCUT2D eigenvalue weighted by Crippen LogP contribution is -2.33. The second kappa shape index (κ2) is 6.04. The van der Waals surface area contributed by atoms with E-state index in [2.05, 4.69) is 31.1 Å². The van der Waals surface area contributed by atoms with Gasteiger partial charge in [0, 0.05) is 17.2 Å². The highest BCUT2D eigenvalue weighted by Crippen LogP contribution is 2.39. The summed E-state index contributed by atoms with van der Waals surface area (Å²) in [5, 5.41) is 6.05. The summed E-state index contributed by atoms with van der Waals surface area (Å²) < 4.78 is 3.10. The van der Waals surface area contributed by atoms with E-state index in [1.165, 1.54) is 0 Å². The van der Waals surface area contributed by atoms with E-state index in [1.807, 2.05) is 55.5 Å². The Kier molecular flexibility index (Phi) is 3.84. The van der Waals surface area contributed by atoms with Gasteiger partial charge in [-0.05, 0) is 36.8 Å². The fourth-order valence-electron chi connectivity index (χ4n) is 3.35. The molecule has 126 valence electrons. The van der Waals surface area contributed by atoms with Crippen LogP contribution in [0.1, 0.15) is 18.5 Å². The van der Waals surface area contributed by atoms with Crippen LogP contribution >= 0.6 is 15.9 Å². The molecule has 6 heteroatoms. The van der Waals surface area contributed by atoms with Crippen molar-refractivity contribution >= 4 is 38.8 Å². The molecule has 1 aliphatic heterocycles. The Morgan fingerprint density at radius 3 is 2.64 bits per heavy atom. The van der Waals surface area contributed by atoms with Gasteiger partial charge in [0.05, 0.1) is 22.6 Å². The summed E-state index contributed by atoms with van der Waals surface area (Å²) in [6.45, 7) is 1.92. The molecule has 0 bridgehead atoms. The third kappa shape index (κ3) is 2.53. The van der Waals surface area contributed by atoms with E-state index in [4.69, 9.17) is 4.98 Å². The molecule has 2 heterocycles. The molecule has 5 nitrogen and oxygen atoms in total. The molecule has 1 aliphatic rings. The standard InChI is InChI=1S/C19H17BrN4O/c1-11-16(18(25)21-2)17(12-7-9-13(20)10-8-12)24-15-6-4-3-5-14(15)23-19(24)22-11/h3-10,17H,1-2H3,(H,21,25)(H,22,23)/t17-/m1/s1. The fraction of sp³-hybridized carbons (Fsp3) is 0.158. The van der Waals surface area contributed by atoms with Crippen molar-refractivity contribution < 1.29 is 4.79 Å². The highest BCUT2D eigenvalue weighted by atomic mass is 79.9. The Bertz CT molecular complexity index is 1000. The van der Waals surface area contributed by atoms with Gasteiger partial charge < -0.3 is 10.6 Å². The Morgan fingerprint density at radius 2 is 1.92 bits per heavy atom. The molecule has 0 aliphatic carbocycles. The number of likely N-dealkylation sites (N-methyl/N-ethyl adjacent to an activating group) is 1. The van der Waals surface area contributed by atoms with Gasteiger partial charge in [0.25, 0.3) is 5.91 Å². The molecule has 4 rings (SSSR count). The highest BCUT2D eigenvalue weighted by Gasteiger charge is 2.33. The Balaban J connectivity index is 2.01. The van der Waals surface area contributed by atoms with Crippen LogP contribution in [0.15, 0.2) is 64.3 Å². The summed E-state index contributed by atoms with van der Waals surface area (Å²) in [7, 11) is 1.66. The number of amides is 1. The van der Waals surface area contributed by atoms with Crippen LogP contribution in [0.25, 0.3) is 11.0 Å². The lowest BCUT2D eigenvalue weighted by Gasteiger charge is -2.30. The summed E-state index contributed by atoms with van der Waals surface area (Å²) >= 11 is 3.48. The topological polar surface area (TPSA) is 59.0 Å². The van der Waals surface area contributed by atoms with Crippen molar-refractivity contribution in [1.29, 1.82) is 0 Å². The summed E-state index contributed by atoms with van der Waals surface area (Å²) in [6, 6.07) is 15.8. The van der Waals surface area contributed by atoms with Gasteiger partial charge in [0.1, 0.15) is 0 Å². The van der Waals surface area contributed by atoms with E-state index in [-0.39, 0.29) is 11.9 Å².